The Hall–Kier alpha value is -1.90. The topological polar surface area (TPSA) is 84.5 Å². The van der Waals surface area contributed by atoms with Crippen LogP contribution in [0.2, 0.25) is 0 Å². The van der Waals surface area contributed by atoms with E-state index in [0.29, 0.717) is 18.3 Å². The fraction of sp³-hybridized carbons (Fsp3) is 0.476. The van der Waals surface area contributed by atoms with Gasteiger partial charge in [0.05, 0.1) is 12.8 Å². The maximum absolute atomic E-state index is 12.9. The van der Waals surface area contributed by atoms with Gasteiger partial charge < -0.3 is 10.1 Å². The minimum atomic E-state index is -3.90. The number of anilines is 1. The molecule has 6 nitrogen and oxygen atoms in total. The van der Waals surface area contributed by atoms with Crippen molar-refractivity contribution in [2.75, 3.05) is 11.8 Å². The molecule has 0 aliphatic heterocycles. The van der Waals surface area contributed by atoms with Crippen molar-refractivity contribution >= 4 is 33.0 Å². The third kappa shape index (κ3) is 5.58. The number of sulfonamides is 1. The van der Waals surface area contributed by atoms with Crippen LogP contribution in [0.1, 0.15) is 54.3 Å². The first-order chi connectivity index (χ1) is 13.9. The standard InChI is InChI=1S/C21H28N2O4S2/c1-15(13-16-7-3-4-8-16)22-14-17-9-5-6-10-18(17)23-29(25,26)19-11-12-28-20(19)21(24)27-2/h5-6,9-12,15-16,22-23H,3-4,7-8,13-14H2,1-2H3/t15-/m0/s1. The Morgan fingerprint density at radius 2 is 1.97 bits per heavy atom. The van der Waals surface area contributed by atoms with Crippen LogP contribution in [0.4, 0.5) is 5.69 Å². The van der Waals surface area contributed by atoms with E-state index in [1.807, 2.05) is 12.1 Å². The number of benzene rings is 1. The molecule has 3 rings (SSSR count). The van der Waals surface area contributed by atoms with Crippen molar-refractivity contribution in [2.45, 2.75) is 56.5 Å². The molecule has 0 radical (unpaired) electrons. The Bertz CT molecular complexity index is 934. The van der Waals surface area contributed by atoms with E-state index < -0.39 is 16.0 Å². The lowest BCUT2D eigenvalue weighted by molar-refractivity contribution is 0.0602. The highest BCUT2D eigenvalue weighted by Gasteiger charge is 2.25. The van der Waals surface area contributed by atoms with Crippen molar-refractivity contribution in [3.8, 4) is 0 Å². The number of thiophene rings is 1. The Kier molecular flexibility index (Phi) is 7.32. The smallest absolute Gasteiger partial charge is 0.349 e. The van der Waals surface area contributed by atoms with E-state index in [4.69, 9.17) is 4.74 Å². The number of methoxy groups -OCH3 is 1. The zero-order valence-electron chi connectivity index (χ0n) is 16.8. The largest absolute Gasteiger partial charge is 0.465 e. The number of para-hydroxylation sites is 1. The molecule has 2 aromatic rings. The molecule has 0 unspecified atom stereocenters. The van der Waals surface area contributed by atoms with Gasteiger partial charge in [0, 0.05) is 12.6 Å². The minimum Gasteiger partial charge on any atom is -0.465 e. The molecule has 1 heterocycles. The zero-order valence-corrected chi connectivity index (χ0v) is 18.4. The van der Waals surface area contributed by atoms with Crippen molar-refractivity contribution in [3.63, 3.8) is 0 Å². The summed E-state index contributed by atoms with van der Waals surface area (Å²) in [5.74, 6) is 0.137. The summed E-state index contributed by atoms with van der Waals surface area (Å²) in [7, 11) is -2.67. The van der Waals surface area contributed by atoms with Crippen molar-refractivity contribution in [3.05, 3.63) is 46.2 Å². The number of carbonyl (C=O) groups excluding carboxylic acids is 1. The molecule has 0 amide bonds. The number of carbonyl (C=O) groups is 1. The number of esters is 1. The van der Waals surface area contributed by atoms with Gasteiger partial charge in [-0.1, -0.05) is 43.9 Å². The first kappa shape index (κ1) is 21.8. The van der Waals surface area contributed by atoms with Crippen LogP contribution < -0.4 is 10.0 Å². The monoisotopic (exact) mass is 436 g/mol. The molecule has 1 fully saturated rings. The van der Waals surface area contributed by atoms with E-state index in [1.165, 1.54) is 38.9 Å². The molecule has 1 aliphatic rings. The van der Waals surface area contributed by atoms with Gasteiger partial charge in [-0.2, -0.15) is 0 Å². The van der Waals surface area contributed by atoms with Gasteiger partial charge in [0.1, 0.15) is 9.77 Å². The molecule has 158 valence electrons. The van der Waals surface area contributed by atoms with E-state index in [-0.39, 0.29) is 9.77 Å². The number of ether oxygens (including phenoxy) is 1. The predicted molar refractivity (Wildman–Crippen MR) is 116 cm³/mol. The van der Waals surface area contributed by atoms with Crippen LogP contribution in [0.3, 0.4) is 0 Å². The van der Waals surface area contributed by atoms with Gasteiger partial charge in [-0.15, -0.1) is 11.3 Å². The second-order valence-electron chi connectivity index (χ2n) is 7.54. The van der Waals surface area contributed by atoms with Crippen LogP contribution in [0.15, 0.2) is 40.6 Å². The van der Waals surface area contributed by atoms with E-state index in [9.17, 15) is 13.2 Å². The highest BCUT2D eigenvalue weighted by atomic mass is 32.2. The van der Waals surface area contributed by atoms with Crippen LogP contribution >= 0.6 is 11.3 Å². The summed E-state index contributed by atoms with van der Waals surface area (Å²) in [6.45, 7) is 2.75. The third-order valence-electron chi connectivity index (χ3n) is 5.35. The molecule has 1 aliphatic carbocycles. The molecule has 1 aromatic heterocycles. The third-order valence-corrected chi connectivity index (χ3v) is 7.79. The van der Waals surface area contributed by atoms with Crippen LogP contribution in [0.25, 0.3) is 0 Å². The highest BCUT2D eigenvalue weighted by molar-refractivity contribution is 7.93. The molecule has 8 heteroatoms. The molecule has 1 saturated carbocycles. The first-order valence-electron chi connectivity index (χ1n) is 9.90. The SMILES string of the molecule is COC(=O)c1sccc1S(=O)(=O)Nc1ccccc1CN[C@@H](C)CC1CCCC1. The number of nitrogens with one attached hydrogen (secondary N) is 2. The molecular formula is C21H28N2O4S2. The lowest BCUT2D eigenvalue weighted by Gasteiger charge is -2.19. The van der Waals surface area contributed by atoms with Gasteiger partial charge in [-0.25, -0.2) is 13.2 Å². The van der Waals surface area contributed by atoms with Crippen LogP contribution in [-0.4, -0.2) is 27.5 Å². The van der Waals surface area contributed by atoms with Crippen molar-refractivity contribution in [1.29, 1.82) is 0 Å². The van der Waals surface area contributed by atoms with Gasteiger partial charge in [0.15, 0.2) is 0 Å². The summed E-state index contributed by atoms with van der Waals surface area (Å²) < 4.78 is 33.1. The van der Waals surface area contributed by atoms with Crippen LogP contribution in [-0.2, 0) is 21.3 Å². The van der Waals surface area contributed by atoms with Crippen LogP contribution in [0, 0.1) is 5.92 Å². The number of hydrogen-bond acceptors (Lipinski definition) is 6. The molecule has 0 saturated heterocycles. The first-order valence-corrected chi connectivity index (χ1v) is 12.3. The average Bonchev–Trinajstić information content (AvgIpc) is 3.38. The molecule has 29 heavy (non-hydrogen) atoms. The molecule has 0 spiro atoms. The average molecular weight is 437 g/mol. The van der Waals surface area contributed by atoms with Gasteiger partial charge in [0.2, 0.25) is 0 Å². The van der Waals surface area contributed by atoms with Gasteiger partial charge in [-0.05, 0) is 42.3 Å². The predicted octanol–water partition coefficient (Wildman–Crippen LogP) is 4.39. The van der Waals surface area contributed by atoms with Crippen LogP contribution in [0.5, 0.6) is 0 Å². The van der Waals surface area contributed by atoms with Crippen molar-refractivity contribution in [1.82, 2.24) is 5.32 Å². The molecular weight excluding hydrogens is 408 g/mol. The maximum atomic E-state index is 12.9. The van der Waals surface area contributed by atoms with E-state index in [2.05, 4.69) is 17.0 Å². The highest BCUT2D eigenvalue weighted by Crippen LogP contribution is 2.29. The summed E-state index contributed by atoms with van der Waals surface area (Å²) >= 11 is 1.05. The second-order valence-corrected chi connectivity index (χ2v) is 10.1. The van der Waals surface area contributed by atoms with E-state index in [0.717, 1.165) is 29.2 Å². The Morgan fingerprint density at radius 1 is 1.24 bits per heavy atom. The summed E-state index contributed by atoms with van der Waals surface area (Å²) in [5.41, 5.74) is 1.37. The fourth-order valence-electron chi connectivity index (χ4n) is 3.84. The fourth-order valence-corrected chi connectivity index (χ4v) is 6.27. The number of hydrogen-bond donors (Lipinski definition) is 2. The van der Waals surface area contributed by atoms with E-state index in [1.54, 1.807) is 17.5 Å². The summed E-state index contributed by atoms with van der Waals surface area (Å²) in [5, 5.41) is 5.09. The maximum Gasteiger partial charge on any atom is 0.349 e. The van der Waals surface area contributed by atoms with Gasteiger partial charge >= 0.3 is 5.97 Å². The molecule has 1 aromatic carbocycles. The Balaban J connectivity index is 1.70. The van der Waals surface area contributed by atoms with Gasteiger partial charge in [0.25, 0.3) is 10.0 Å². The Labute approximate surface area is 176 Å². The summed E-state index contributed by atoms with van der Waals surface area (Å²) in [4.78, 5) is 11.9. The lowest BCUT2D eigenvalue weighted by Crippen LogP contribution is -2.28. The zero-order chi connectivity index (χ0) is 20.9. The molecule has 2 N–H and O–H groups in total. The normalized spacial score (nSPS) is 15.9. The minimum absolute atomic E-state index is 0.0632. The lowest BCUT2D eigenvalue weighted by atomic mass is 9.99. The van der Waals surface area contributed by atoms with Crippen molar-refractivity contribution < 1.29 is 17.9 Å². The van der Waals surface area contributed by atoms with Crippen molar-refractivity contribution in [2.24, 2.45) is 5.92 Å². The van der Waals surface area contributed by atoms with Gasteiger partial charge in [-0.3, -0.25) is 4.72 Å². The van der Waals surface area contributed by atoms with E-state index >= 15 is 0 Å². The molecule has 1 atom stereocenters. The summed E-state index contributed by atoms with van der Waals surface area (Å²) in [6.07, 6.45) is 6.43. The second kappa shape index (κ2) is 9.73. The Morgan fingerprint density at radius 3 is 2.69 bits per heavy atom. The summed E-state index contributed by atoms with van der Waals surface area (Å²) in [6, 6.07) is 9.11. The number of rotatable bonds is 9. The quantitative estimate of drug-likeness (QED) is 0.570. The molecule has 0 bridgehead atoms.